The van der Waals surface area contributed by atoms with Gasteiger partial charge < -0.3 is 4.57 Å². The van der Waals surface area contributed by atoms with Crippen LogP contribution < -0.4 is 0 Å². The van der Waals surface area contributed by atoms with Gasteiger partial charge in [0.2, 0.25) is 0 Å². The van der Waals surface area contributed by atoms with Gasteiger partial charge in [0.1, 0.15) is 5.82 Å². The first-order chi connectivity index (χ1) is 10.6. The summed E-state index contributed by atoms with van der Waals surface area (Å²) >= 11 is 5.00. The Bertz CT molecular complexity index is 786. The smallest absolute Gasteiger partial charge is 0.191 e. The van der Waals surface area contributed by atoms with Crippen LogP contribution in [0.2, 0.25) is 0 Å². The van der Waals surface area contributed by atoms with E-state index in [1.54, 1.807) is 30.0 Å². The lowest BCUT2D eigenvalue weighted by molar-refractivity contribution is 0.628. The molecule has 0 radical (unpaired) electrons. The molecule has 0 aliphatic rings. The Hall–Kier alpha value is -1.66. The fourth-order valence-corrected chi connectivity index (χ4v) is 3.18. The van der Waals surface area contributed by atoms with E-state index in [1.807, 2.05) is 23.7 Å². The summed E-state index contributed by atoms with van der Waals surface area (Å²) in [6.45, 7) is 0. The molecule has 1 aromatic heterocycles. The molecule has 0 fully saturated rings. The minimum absolute atomic E-state index is 0.289. The second-order valence-electron chi connectivity index (χ2n) is 4.76. The number of aromatic nitrogens is 3. The molecule has 3 rings (SSSR count). The summed E-state index contributed by atoms with van der Waals surface area (Å²) < 4.78 is 16.7. The summed E-state index contributed by atoms with van der Waals surface area (Å²) in [6.07, 6.45) is 0. The Morgan fingerprint density at radius 1 is 1.09 bits per heavy atom. The van der Waals surface area contributed by atoms with E-state index >= 15 is 0 Å². The molecule has 0 amide bonds. The lowest BCUT2D eigenvalue weighted by Crippen LogP contribution is -1.96. The Labute approximate surface area is 140 Å². The third-order valence-electron chi connectivity index (χ3n) is 3.23. The SMILES string of the molecule is Cn1c(SCc2ccc(Br)cc2)nnc1-c1ccccc1F. The van der Waals surface area contributed by atoms with E-state index in [4.69, 9.17) is 0 Å². The largest absolute Gasteiger partial charge is 0.305 e. The highest BCUT2D eigenvalue weighted by Gasteiger charge is 2.14. The van der Waals surface area contributed by atoms with E-state index in [9.17, 15) is 4.39 Å². The van der Waals surface area contributed by atoms with Crippen LogP contribution in [-0.2, 0) is 12.8 Å². The van der Waals surface area contributed by atoms with Crippen molar-refractivity contribution in [1.29, 1.82) is 0 Å². The van der Waals surface area contributed by atoms with Crippen molar-refractivity contribution in [3.8, 4) is 11.4 Å². The van der Waals surface area contributed by atoms with Gasteiger partial charge in [-0.05, 0) is 29.8 Å². The normalized spacial score (nSPS) is 10.9. The maximum Gasteiger partial charge on any atom is 0.191 e. The topological polar surface area (TPSA) is 30.7 Å². The summed E-state index contributed by atoms with van der Waals surface area (Å²) in [5.74, 6) is 1.04. The van der Waals surface area contributed by atoms with Gasteiger partial charge in [0.05, 0.1) is 5.56 Å². The zero-order chi connectivity index (χ0) is 15.5. The predicted molar refractivity (Wildman–Crippen MR) is 90.1 cm³/mol. The first-order valence-corrected chi connectivity index (χ1v) is 8.44. The lowest BCUT2D eigenvalue weighted by atomic mass is 10.2. The minimum Gasteiger partial charge on any atom is -0.305 e. The molecule has 0 saturated heterocycles. The zero-order valence-corrected chi connectivity index (χ0v) is 14.2. The average molecular weight is 378 g/mol. The predicted octanol–water partition coefficient (Wildman–Crippen LogP) is 4.68. The molecule has 3 nitrogen and oxygen atoms in total. The fraction of sp³-hybridized carbons (Fsp3) is 0.125. The highest BCUT2D eigenvalue weighted by atomic mass is 79.9. The number of hydrogen-bond acceptors (Lipinski definition) is 3. The van der Waals surface area contributed by atoms with Gasteiger partial charge in [-0.3, -0.25) is 0 Å². The number of benzene rings is 2. The molecule has 0 saturated carbocycles. The molecule has 3 aromatic rings. The lowest BCUT2D eigenvalue weighted by Gasteiger charge is -2.05. The van der Waals surface area contributed by atoms with Crippen LogP contribution in [0.25, 0.3) is 11.4 Å². The highest BCUT2D eigenvalue weighted by molar-refractivity contribution is 9.10. The van der Waals surface area contributed by atoms with E-state index < -0.39 is 0 Å². The monoisotopic (exact) mass is 377 g/mol. The summed E-state index contributed by atoms with van der Waals surface area (Å²) in [5.41, 5.74) is 1.66. The molecule has 0 atom stereocenters. The van der Waals surface area contributed by atoms with E-state index in [-0.39, 0.29) is 5.82 Å². The van der Waals surface area contributed by atoms with Gasteiger partial charge in [0, 0.05) is 17.3 Å². The van der Waals surface area contributed by atoms with Crippen LogP contribution in [-0.4, -0.2) is 14.8 Å². The van der Waals surface area contributed by atoms with Crippen LogP contribution >= 0.6 is 27.7 Å². The molecule has 0 spiro atoms. The molecular formula is C16H13BrFN3S. The molecule has 2 aromatic carbocycles. The molecule has 0 aliphatic carbocycles. The third-order valence-corrected chi connectivity index (χ3v) is 4.85. The first-order valence-electron chi connectivity index (χ1n) is 6.66. The molecule has 6 heteroatoms. The Morgan fingerprint density at radius 3 is 2.55 bits per heavy atom. The Morgan fingerprint density at radius 2 is 1.82 bits per heavy atom. The maximum absolute atomic E-state index is 13.9. The van der Waals surface area contributed by atoms with Crippen molar-refractivity contribution >= 4 is 27.7 Å². The summed E-state index contributed by atoms with van der Waals surface area (Å²) in [7, 11) is 1.85. The standard InChI is InChI=1S/C16H13BrFN3S/c1-21-15(13-4-2-3-5-14(13)18)19-20-16(21)22-10-11-6-8-12(17)9-7-11/h2-9H,10H2,1H3. The number of hydrogen-bond donors (Lipinski definition) is 0. The van der Waals surface area contributed by atoms with Crippen molar-refractivity contribution in [3.05, 3.63) is 64.4 Å². The third kappa shape index (κ3) is 3.23. The summed E-state index contributed by atoms with van der Waals surface area (Å²) in [4.78, 5) is 0. The zero-order valence-electron chi connectivity index (χ0n) is 11.8. The van der Waals surface area contributed by atoms with Gasteiger partial charge in [0.25, 0.3) is 0 Å². The molecular weight excluding hydrogens is 365 g/mol. The quantitative estimate of drug-likeness (QED) is 0.618. The van der Waals surface area contributed by atoms with E-state index in [1.165, 1.54) is 11.6 Å². The average Bonchev–Trinajstić information content (AvgIpc) is 2.88. The van der Waals surface area contributed by atoms with Gasteiger partial charge in [-0.25, -0.2) is 4.39 Å². The van der Waals surface area contributed by atoms with Gasteiger partial charge in [-0.1, -0.05) is 52.0 Å². The number of rotatable bonds is 4. The molecule has 22 heavy (non-hydrogen) atoms. The van der Waals surface area contributed by atoms with Crippen molar-refractivity contribution in [2.24, 2.45) is 7.05 Å². The van der Waals surface area contributed by atoms with Crippen LogP contribution in [0, 0.1) is 5.82 Å². The van der Waals surface area contributed by atoms with Gasteiger partial charge in [-0.2, -0.15) is 0 Å². The molecule has 0 unspecified atom stereocenters. The highest BCUT2D eigenvalue weighted by Crippen LogP contribution is 2.26. The fourth-order valence-electron chi connectivity index (χ4n) is 2.05. The van der Waals surface area contributed by atoms with Crippen LogP contribution in [0.4, 0.5) is 4.39 Å². The van der Waals surface area contributed by atoms with Crippen molar-refractivity contribution in [3.63, 3.8) is 0 Å². The maximum atomic E-state index is 13.9. The Kier molecular flexibility index (Phi) is 4.59. The summed E-state index contributed by atoms with van der Waals surface area (Å²) in [5, 5.41) is 9.05. The van der Waals surface area contributed by atoms with Crippen molar-refractivity contribution in [1.82, 2.24) is 14.8 Å². The van der Waals surface area contributed by atoms with E-state index in [0.717, 1.165) is 15.4 Å². The molecule has 0 N–H and O–H groups in total. The second kappa shape index (κ2) is 6.62. The van der Waals surface area contributed by atoms with Crippen molar-refractivity contribution in [2.75, 3.05) is 0 Å². The number of nitrogens with zero attached hydrogens (tertiary/aromatic N) is 3. The first kappa shape index (κ1) is 15.2. The molecule has 0 bridgehead atoms. The van der Waals surface area contributed by atoms with Crippen LogP contribution in [0.5, 0.6) is 0 Å². The molecule has 0 aliphatic heterocycles. The number of thioether (sulfide) groups is 1. The van der Waals surface area contributed by atoms with E-state index in [2.05, 4.69) is 38.3 Å². The Balaban J connectivity index is 1.79. The molecule has 112 valence electrons. The van der Waals surface area contributed by atoms with Crippen LogP contribution in [0.15, 0.2) is 58.2 Å². The van der Waals surface area contributed by atoms with Gasteiger partial charge in [-0.15, -0.1) is 10.2 Å². The molecule has 1 heterocycles. The minimum atomic E-state index is -0.289. The van der Waals surface area contributed by atoms with Crippen LogP contribution in [0.3, 0.4) is 0 Å². The van der Waals surface area contributed by atoms with Gasteiger partial charge >= 0.3 is 0 Å². The second-order valence-corrected chi connectivity index (χ2v) is 6.62. The van der Waals surface area contributed by atoms with E-state index in [0.29, 0.717) is 11.4 Å². The number of halogens is 2. The van der Waals surface area contributed by atoms with Crippen molar-refractivity contribution in [2.45, 2.75) is 10.9 Å². The summed E-state index contributed by atoms with van der Waals surface area (Å²) in [6, 6.07) is 14.7. The van der Waals surface area contributed by atoms with Gasteiger partial charge in [0.15, 0.2) is 11.0 Å². The van der Waals surface area contributed by atoms with Crippen LogP contribution in [0.1, 0.15) is 5.56 Å². The van der Waals surface area contributed by atoms with Crippen molar-refractivity contribution < 1.29 is 4.39 Å².